The van der Waals surface area contributed by atoms with E-state index in [1.54, 1.807) is 18.2 Å². The van der Waals surface area contributed by atoms with Crippen molar-refractivity contribution in [2.45, 2.75) is 25.8 Å². The summed E-state index contributed by atoms with van der Waals surface area (Å²) in [5.41, 5.74) is 3.42. The summed E-state index contributed by atoms with van der Waals surface area (Å²) in [5, 5.41) is 9.71. The van der Waals surface area contributed by atoms with E-state index in [1.807, 2.05) is 12.1 Å². The molecule has 0 aromatic heterocycles. The second-order valence-electron chi connectivity index (χ2n) is 6.39. The van der Waals surface area contributed by atoms with E-state index < -0.39 is 10.5 Å². The normalized spacial score (nSPS) is 18.4. The van der Waals surface area contributed by atoms with Gasteiger partial charge in [0.05, 0.1) is 0 Å². The van der Waals surface area contributed by atoms with Crippen LogP contribution in [0, 0.1) is 0 Å². The summed E-state index contributed by atoms with van der Waals surface area (Å²) in [5.74, 6) is 0.541. The first kappa shape index (κ1) is 17.7. The number of hydrogen-bond acceptors (Lipinski definition) is 5. The fourth-order valence-corrected chi connectivity index (χ4v) is 3.63. The largest absolute Gasteiger partial charge is 0.508 e. The Labute approximate surface area is 147 Å². The smallest absolute Gasteiger partial charge is 0.488 e. The van der Waals surface area contributed by atoms with Gasteiger partial charge in [-0.1, -0.05) is 29.0 Å². The van der Waals surface area contributed by atoms with Crippen LogP contribution in [0.3, 0.4) is 0 Å². The van der Waals surface area contributed by atoms with Crippen molar-refractivity contribution in [3.63, 3.8) is 0 Å². The van der Waals surface area contributed by atoms with Crippen LogP contribution < -0.4 is 4.18 Å². The second kappa shape index (κ2) is 7.01. The third kappa shape index (κ3) is 4.70. The first-order valence-corrected chi connectivity index (χ1v) is 9.38. The molecule has 1 N–H and O–H groups in total. The van der Waals surface area contributed by atoms with Crippen LogP contribution in [0.4, 0.5) is 3.89 Å². The number of halogens is 1. The summed E-state index contributed by atoms with van der Waals surface area (Å²) >= 11 is 0. The molecule has 1 aliphatic heterocycles. The number of benzene rings is 2. The van der Waals surface area contributed by atoms with E-state index in [4.69, 9.17) is 0 Å². The Morgan fingerprint density at radius 2 is 1.96 bits per heavy atom. The van der Waals surface area contributed by atoms with Gasteiger partial charge in [-0.2, -0.15) is 8.42 Å². The van der Waals surface area contributed by atoms with Gasteiger partial charge in [0.2, 0.25) is 0 Å². The van der Waals surface area contributed by atoms with Crippen molar-refractivity contribution in [2.75, 3.05) is 13.1 Å². The third-order valence-corrected chi connectivity index (χ3v) is 4.81. The average molecular weight is 365 g/mol. The molecule has 7 heteroatoms. The molecule has 0 spiro atoms. The molecule has 0 saturated carbocycles. The lowest BCUT2D eigenvalue weighted by Gasteiger charge is -2.23. The molecule has 1 aliphatic rings. The number of phenols is 1. The van der Waals surface area contributed by atoms with Gasteiger partial charge in [-0.15, -0.1) is 0 Å². The van der Waals surface area contributed by atoms with Gasteiger partial charge in [0.15, 0.2) is 0 Å². The van der Waals surface area contributed by atoms with Crippen molar-refractivity contribution >= 4 is 10.5 Å². The Balaban J connectivity index is 1.68. The number of hydrogen-bond donors (Lipinski definition) is 1. The Morgan fingerprint density at radius 1 is 1.24 bits per heavy atom. The van der Waals surface area contributed by atoms with Crippen molar-refractivity contribution in [2.24, 2.45) is 0 Å². The van der Waals surface area contributed by atoms with Gasteiger partial charge >= 0.3 is 10.5 Å². The van der Waals surface area contributed by atoms with Crippen LogP contribution in [0.5, 0.6) is 11.5 Å². The lowest BCUT2D eigenvalue weighted by molar-refractivity contribution is 0.264. The van der Waals surface area contributed by atoms with Gasteiger partial charge in [-0.25, -0.2) is 0 Å². The highest BCUT2D eigenvalue weighted by molar-refractivity contribution is 7.81. The van der Waals surface area contributed by atoms with E-state index in [9.17, 15) is 17.4 Å². The van der Waals surface area contributed by atoms with Crippen molar-refractivity contribution < 1.29 is 21.6 Å². The summed E-state index contributed by atoms with van der Waals surface area (Å²) in [6, 6.07) is 11.9. The minimum absolute atomic E-state index is 0.0432. The van der Waals surface area contributed by atoms with Gasteiger partial charge in [-0.3, -0.25) is 4.90 Å². The van der Waals surface area contributed by atoms with Crippen molar-refractivity contribution in [1.29, 1.82) is 0 Å². The molecule has 1 unspecified atom stereocenters. The summed E-state index contributed by atoms with van der Waals surface area (Å²) < 4.78 is 37.7. The standard InChI is InChI=1S/C18H20FNO4S/c1-13-11-20(9-8-15-4-5-16(21)10-18(13)15)12-14-2-6-17(7-3-14)24-25(19,22)23/h2-7,10,13,21H,8-9,11-12H2,1H3. The number of fused-ring (bicyclic) bond motifs is 1. The molecule has 0 saturated heterocycles. The van der Waals surface area contributed by atoms with Crippen LogP contribution in [0.25, 0.3) is 0 Å². The highest BCUT2D eigenvalue weighted by Crippen LogP contribution is 2.29. The molecular formula is C18H20FNO4S. The lowest BCUT2D eigenvalue weighted by Crippen LogP contribution is -2.27. The van der Waals surface area contributed by atoms with Gasteiger partial charge in [0, 0.05) is 19.6 Å². The average Bonchev–Trinajstić information content (AvgIpc) is 2.67. The van der Waals surface area contributed by atoms with E-state index in [0.717, 1.165) is 25.1 Å². The summed E-state index contributed by atoms with van der Waals surface area (Å²) in [6.45, 7) is 4.58. The molecule has 0 radical (unpaired) electrons. The number of aromatic hydroxyl groups is 1. The maximum absolute atomic E-state index is 12.5. The minimum Gasteiger partial charge on any atom is -0.508 e. The zero-order valence-corrected chi connectivity index (χ0v) is 14.7. The number of nitrogens with zero attached hydrogens (tertiary/aromatic N) is 1. The Kier molecular flexibility index (Phi) is 4.96. The SMILES string of the molecule is CC1CN(Cc2ccc(OS(=O)(=O)F)cc2)CCc2ccc(O)cc21. The fourth-order valence-electron chi connectivity index (χ4n) is 3.29. The summed E-state index contributed by atoms with van der Waals surface area (Å²) in [4.78, 5) is 2.31. The molecule has 0 bridgehead atoms. The summed E-state index contributed by atoms with van der Waals surface area (Å²) in [7, 11) is -4.99. The molecule has 2 aromatic carbocycles. The fraction of sp³-hybridized carbons (Fsp3) is 0.333. The molecular weight excluding hydrogens is 345 g/mol. The summed E-state index contributed by atoms with van der Waals surface area (Å²) in [6.07, 6.45) is 0.904. The Morgan fingerprint density at radius 3 is 2.64 bits per heavy atom. The quantitative estimate of drug-likeness (QED) is 0.843. The van der Waals surface area contributed by atoms with Crippen LogP contribution in [-0.4, -0.2) is 31.5 Å². The molecule has 0 amide bonds. The predicted molar refractivity (Wildman–Crippen MR) is 92.6 cm³/mol. The molecule has 2 aromatic rings. The second-order valence-corrected chi connectivity index (χ2v) is 7.34. The molecule has 0 fully saturated rings. The van der Waals surface area contributed by atoms with Gasteiger partial charge in [0.25, 0.3) is 0 Å². The van der Waals surface area contributed by atoms with E-state index >= 15 is 0 Å². The van der Waals surface area contributed by atoms with E-state index in [2.05, 4.69) is 16.0 Å². The molecule has 5 nitrogen and oxygen atoms in total. The molecule has 3 rings (SSSR count). The lowest BCUT2D eigenvalue weighted by atomic mass is 9.95. The molecule has 0 aliphatic carbocycles. The third-order valence-electron chi connectivity index (χ3n) is 4.42. The molecule has 25 heavy (non-hydrogen) atoms. The van der Waals surface area contributed by atoms with E-state index in [1.165, 1.54) is 23.3 Å². The molecule has 1 heterocycles. The maximum Gasteiger partial charge on any atom is 0.488 e. The van der Waals surface area contributed by atoms with Crippen LogP contribution in [0.1, 0.15) is 29.5 Å². The number of rotatable bonds is 4. The predicted octanol–water partition coefficient (Wildman–Crippen LogP) is 3.15. The monoisotopic (exact) mass is 365 g/mol. The van der Waals surface area contributed by atoms with Gasteiger partial charge in [0.1, 0.15) is 11.5 Å². The van der Waals surface area contributed by atoms with Crippen LogP contribution in [0.15, 0.2) is 42.5 Å². The number of phenolic OH excluding ortho intramolecular Hbond substituents is 1. The van der Waals surface area contributed by atoms with Crippen molar-refractivity contribution in [1.82, 2.24) is 4.90 Å². The minimum atomic E-state index is -4.99. The van der Waals surface area contributed by atoms with E-state index in [-0.39, 0.29) is 11.5 Å². The first-order valence-electron chi connectivity index (χ1n) is 8.07. The van der Waals surface area contributed by atoms with Crippen LogP contribution in [-0.2, 0) is 23.5 Å². The Bertz CT molecular complexity index is 852. The topological polar surface area (TPSA) is 66.8 Å². The highest BCUT2D eigenvalue weighted by atomic mass is 32.3. The van der Waals surface area contributed by atoms with Gasteiger partial charge < -0.3 is 9.29 Å². The molecule has 1 atom stereocenters. The zero-order chi connectivity index (χ0) is 18.0. The zero-order valence-electron chi connectivity index (χ0n) is 13.9. The van der Waals surface area contributed by atoms with Crippen LogP contribution in [0.2, 0.25) is 0 Å². The van der Waals surface area contributed by atoms with Crippen molar-refractivity contribution in [3.05, 3.63) is 59.2 Å². The van der Waals surface area contributed by atoms with Crippen LogP contribution >= 0.6 is 0 Å². The Hall–Kier alpha value is -2.12. The van der Waals surface area contributed by atoms with Crippen molar-refractivity contribution in [3.8, 4) is 11.5 Å². The highest BCUT2D eigenvalue weighted by Gasteiger charge is 2.20. The first-order chi connectivity index (χ1) is 11.8. The van der Waals surface area contributed by atoms with Gasteiger partial charge in [-0.05, 0) is 53.3 Å². The molecule has 134 valence electrons. The van der Waals surface area contributed by atoms with E-state index in [0.29, 0.717) is 12.5 Å². The maximum atomic E-state index is 12.5.